The monoisotopic (exact) mass is 429 g/mol. The third-order valence-corrected chi connectivity index (χ3v) is 6.02. The van der Waals surface area contributed by atoms with Crippen molar-refractivity contribution in [2.75, 3.05) is 26.9 Å². The highest BCUT2D eigenvalue weighted by Gasteiger charge is 2.46. The smallest absolute Gasteiger partial charge is 0.295 e. The second-order valence-corrected chi connectivity index (χ2v) is 8.16. The molecule has 0 radical (unpaired) electrons. The Hall–Kier alpha value is -2.64. The van der Waals surface area contributed by atoms with Crippen LogP contribution in [0.1, 0.15) is 41.8 Å². The zero-order valence-corrected chi connectivity index (χ0v) is 18.3. The molecule has 0 aliphatic carbocycles. The zero-order chi connectivity index (χ0) is 21.7. The molecule has 2 aromatic rings. The molecule has 6 nitrogen and oxygen atoms in total. The maximum Gasteiger partial charge on any atom is 0.295 e. The van der Waals surface area contributed by atoms with Crippen molar-refractivity contribution in [2.24, 2.45) is 0 Å². The number of unbranched alkanes of at least 4 members (excludes halogenated alkanes) is 1. The summed E-state index contributed by atoms with van der Waals surface area (Å²) in [7, 11) is 1.55. The Morgan fingerprint density at radius 2 is 2.03 bits per heavy atom. The van der Waals surface area contributed by atoms with Gasteiger partial charge < -0.3 is 19.5 Å². The molecule has 1 atom stereocenters. The van der Waals surface area contributed by atoms with E-state index in [9.17, 15) is 14.7 Å². The van der Waals surface area contributed by atoms with Gasteiger partial charge in [-0.05, 0) is 48.6 Å². The molecule has 30 heavy (non-hydrogen) atoms. The van der Waals surface area contributed by atoms with Crippen LogP contribution in [0.4, 0.5) is 0 Å². The first-order valence-corrected chi connectivity index (χ1v) is 10.9. The number of ether oxygens (including phenoxy) is 2. The van der Waals surface area contributed by atoms with Gasteiger partial charge in [0.25, 0.3) is 11.7 Å². The number of hydrogen-bond donors (Lipinski definition) is 1. The summed E-state index contributed by atoms with van der Waals surface area (Å²) in [6, 6.07) is 8.40. The second kappa shape index (κ2) is 9.91. The molecule has 160 valence electrons. The van der Waals surface area contributed by atoms with Crippen molar-refractivity contribution in [3.05, 3.63) is 57.3 Å². The standard InChI is InChI=1S/C23H27NO5S/c1-4-5-11-29-17-9-8-16(14-15(17)2)21(25)19-20(18-7-6-13-30-18)24(10-12-28-3)23(27)22(19)26/h6-9,13-14,20,25H,4-5,10-12H2,1-3H3/t20-/m1/s1. The van der Waals surface area contributed by atoms with Crippen molar-refractivity contribution < 1.29 is 24.2 Å². The largest absolute Gasteiger partial charge is 0.507 e. The Balaban J connectivity index is 2.00. The van der Waals surface area contributed by atoms with Crippen molar-refractivity contribution in [2.45, 2.75) is 32.7 Å². The highest BCUT2D eigenvalue weighted by molar-refractivity contribution is 7.10. The van der Waals surface area contributed by atoms with Gasteiger partial charge >= 0.3 is 0 Å². The van der Waals surface area contributed by atoms with E-state index in [4.69, 9.17) is 9.47 Å². The van der Waals surface area contributed by atoms with E-state index >= 15 is 0 Å². The normalized spacial score (nSPS) is 18.2. The number of hydrogen-bond acceptors (Lipinski definition) is 6. The van der Waals surface area contributed by atoms with Gasteiger partial charge in [-0.25, -0.2) is 0 Å². The van der Waals surface area contributed by atoms with Gasteiger partial charge in [0.1, 0.15) is 11.5 Å². The number of likely N-dealkylation sites (tertiary alicyclic amines) is 1. The molecule has 0 spiro atoms. The van der Waals surface area contributed by atoms with Gasteiger partial charge in [-0.2, -0.15) is 0 Å². The lowest BCUT2D eigenvalue weighted by molar-refractivity contribution is -0.140. The van der Waals surface area contributed by atoms with Crippen molar-refractivity contribution in [1.29, 1.82) is 0 Å². The predicted octanol–water partition coefficient (Wildman–Crippen LogP) is 4.30. The summed E-state index contributed by atoms with van der Waals surface area (Å²) in [5.41, 5.74) is 1.45. The quantitative estimate of drug-likeness (QED) is 0.278. The first-order valence-electron chi connectivity index (χ1n) is 10.0. The van der Waals surface area contributed by atoms with Gasteiger partial charge in [-0.15, -0.1) is 11.3 Å². The van der Waals surface area contributed by atoms with Gasteiger partial charge in [-0.1, -0.05) is 19.4 Å². The summed E-state index contributed by atoms with van der Waals surface area (Å²) >= 11 is 1.44. The Kier molecular flexibility index (Phi) is 7.29. The zero-order valence-electron chi connectivity index (χ0n) is 17.5. The van der Waals surface area contributed by atoms with Crippen molar-refractivity contribution in [1.82, 2.24) is 4.90 Å². The minimum absolute atomic E-state index is 0.109. The number of nitrogens with zero attached hydrogens (tertiary/aromatic N) is 1. The van der Waals surface area contributed by atoms with E-state index in [-0.39, 0.29) is 17.9 Å². The van der Waals surface area contributed by atoms with Crippen LogP contribution in [0.5, 0.6) is 5.75 Å². The summed E-state index contributed by atoms with van der Waals surface area (Å²) in [4.78, 5) is 27.8. The lowest BCUT2D eigenvalue weighted by atomic mass is 9.99. The van der Waals surface area contributed by atoms with Crippen LogP contribution in [0.25, 0.3) is 5.76 Å². The molecule has 1 N–H and O–H groups in total. The molecule has 3 rings (SSSR count). The number of benzene rings is 1. The van der Waals surface area contributed by atoms with E-state index in [1.807, 2.05) is 24.4 Å². The SMILES string of the molecule is CCCCOc1ccc(C(O)=C2C(=O)C(=O)N(CCOC)[C@@H]2c2cccs2)cc1C. The number of ketones is 1. The second-order valence-electron chi connectivity index (χ2n) is 7.18. The van der Waals surface area contributed by atoms with Crippen LogP contribution in [0, 0.1) is 6.92 Å². The molecular weight excluding hydrogens is 402 g/mol. The number of aryl methyl sites for hydroxylation is 1. The van der Waals surface area contributed by atoms with Crippen molar-refractivity contribution >= 4 is 28.8 Å². The first kappa shape index (κ1) is 22.1. The number of carbonyl (C=O) groups excluding carboxylic acids is 2. The van der Waals surface area contributed by atoms with Crippen LogP contribution < -0.4 is 4.74 Å². The van der Waals surface area contributed by atoms with E-state index in [2.05, 4.69) is 6.92 Å². The highest BCUT2D eigenvalue weighted by atomic mass is 32.1. The van der Waals surface area contributed by atoms with Crippen LogP contribution >= 0.6 is 11.3 Å². The summed E-state index contributed by atoms with van der Waals surface area (Å²) in [5, 5.41) is 13.0. The lowest BCUT2D eigenvalue weighted by Crippen LogP contribution is -2.32. The molecule has 1 aliphatic rings. The number of amides is 1. The van der Waals surface area contributed by atoms with Gasteiger partial charge in [-0.3, -0.25) is 9.59 Å². The van der Waals surface area contributed by atoms with E-state index in [0.717, 1.165) is 29.0 Å². The number of aliphatic hydroxyl groups excluding tert-OH is 1. The molecule has 1 fully saturated rings. The third kappa shape index (κ3) is 4.42. The molecule has 0 bridgehead atoms. The molecule has 1 aromatic carbocycles. The Labute approximate surface area is 180 Å². The molecule has 1 aliphatic heterocycles. The van der Waals surface area contributed by atoms with Crippen LogP contribution in [0.15, 0.2) is 41.3 Å². The molecule has 1 aromatic heterocycles. The predicted molar refractivity (Wildman–Crippen MR) is 117 cm³/mol. The van der Waals surface area contributed by atoms with Gasteiger partial charge in [0.15, 0.2) is 0 Å². The number of carbonyl (C=O) groups is 2. The van der Waals surface area contributed by atoms with Gasteiger partial charge in [0.2, 0.25) is 0 Å². The van der Waals surface area contributed by atoms with Crippen LogP contribution in [-0.4, -0.2) is 48.6 Å². The lowest BCUT2D eigenvalue weighted by Gasteiger charge is -2.23. The van der Waals surface area contributed by atoms with Crippen LogP contribution in [0.2, 0.25) is 0 Å². The van der Waals surface area contributed by atoms with Gasteiger partial charge in [0.05, 0.1) is 24.8 Å². The summed E-state index contributed by atoms with van der Waals surface area (Å²) in [6.07, 6.45) is 2.01. The summed E-state index contributed by atoms with van der Waals surface area (Å²) in [6.45, 7) is 5.20. The maximum absolute atomic E-state index is 12.9. The molecule has 0 saturated carbocycles. The Morgan fingerprint density at radius 1 is 1.23 bits per heavy atom. The highest BCUT2D eigenvalue weighted by Crippen LogP contribution is 2.41. The molecule has 7 heteroatoms. The number of thiophene rings is 1. The number of rotatable bonds is 9. The van der Waals surface area contributed by atoms with Crippen molar-refractivity contribution in [3.63, 3.8) is 0 Å². The Bertz CT molecular complexity index is 935. The maximum atomic E-state index is 12.9. The molecule has 1 saturated heterocycles. The summed E-state index contributed by atoms with van der Waals surface area (Å²) in [5.74, 6) is -0.726. The fraction of sp³-hybridized carbons (Fsp3) is 0.391. The summed E-state index contributed by atoms with van der Waals surface area (Å²) < 4.78 is 10.9. The van der Waals surface area contributed by atoms with E-state index in [1.165, 1.54) is 16.2 Å². The fourth-order valence-electron chi connectivity index (χ4n) is 3.48. The Morgan fingerprint density at radius 3 is 2.67 bits per heavy atom. The van der Waals surface area contributed by atoms with E-state index < -0.39 is 17.7 Å². The van der Waals surface area contributed by atoms with Crippen molar-refractivity contribution in [3.8, 4) is 5.75 Å². The first-order chi connectivity index (χ1) is 14.5. The van der Waals surface area contributed by atoms with E-state index in [1.54, 1.807) is 25.3 Å². The molecule has 2 heterocycles. The topological polar surface area (TPSA) is 76.1 Å². The minimum atomic E-state index is -0.678. The molecule has 1 amide bonds. The van der Waals surface area contributed by atoms with Gasteiger partial charge in [0, 0.05) is 24.1 Å². The molecule has 0 unspecified atom stereocenters. The number of aliphatic hydroxyl groups is 1. The third-order valence-electron chi connectivity index (χ3n) is 5.09. The molecular formula is C23H27NO5S. The average Bonchev–Trinajstić information content (AvgIpc) is 3.35. The number of methoxy groups -OCH3 is 1. The van der Waals surface area contributed by atoms with E-state index in [0.29, 0.717) is 18.8 Å². The fourth-order valence-corrected chi connectivity index (χ4v) is 4.33. The minimum Gasteiger partial charge on any atom is -0.507 e. The average molecular weight is 430 g/mol. The number of Topliss-reactive ketones (excluding diaryl/α,β-unsaturated/α-hetero) is 1. The van der Waals surface area contributed by atoms with Crippen LogP contribution in [0.3, 0.4) is 0 Å². The van der Waals surface area contributed by atoms with Crippen LogP contribution in [-0.2, 0) is 14.3 Å².